The molecule has 1 fully saturated rings. The number of hydrogen-bond donors (Lipinski definition) is 2. The van der Waals surface area contributed by atoms with Gasteiger partial charge in [-0.2, -0.15) is 0 Å². The first kappa shape index (κ1) is 18.8. The van der Waals surface area contributed by atoms with Gasteiger partial charge in [-0.15, -0.1) is 0 Å². The van der Waals surface area contributed by atoms with Gasteiger partial charge in [0.05, 0.1) is 5.56 Å². The van der Waals surface area contributed by atoms with Crippen molar-refractivity contribution < 1.29 is 19.0 Å². The summed E-state index contributed by atoms with van der Waals surface area (Å²) in [5.41, 5.74) is 1.53. The average Bonchev–Trinajstić information content (AvgIpc) is 3.22. The van der Waals surface area contributed by atoms with Gasteiger partial charge in [0.15, 0.2) is 11.5 Å². The van der Waals surface area contributed by atoms with Crippen LogP contribution in [0.15, 0.2) is 48.5 Å². The molecule has 2 aromatic carbocycles. The van der Waals surface area contributed by atoms with Crippen LogP contribution in [0.25, 0.3) is 0 Å². The van der Waals surface area contributed by atoms with Crippen LogP contribution in [0.4, 0.5) is 0 Å². The lowest BCUT2D eigenvalue weighted by atomic mass is 9.88. The summed E-state index contributed by atoms with van der Waals surface area (Å²) in [5.74, 6) is 0.985. The number of benzene rings is 2. The maximum absolute atomic E-state index is 12.8. The second-order valence-corrected chi connectivity index (χ2v) is 7.39. The molecule has 0 spiro atoms. The topological polar surface area (TPSA) is 68.8 Å². The fourth-order valence-electron chi connectivity index (χ4n) is 3.87. The Balaban J connectivity index is 1.46. The Morgan fingerprint density at radius 3 is 2.64 bits per heavy atom. The standard InChI is InChI=1S/C22H26N2O4/c1-16(17-6-3-2-4-7-17)24-22(10-12-26-13-11-22)14-23-21(25)18-8-5-9-19-20(18)28-15-27-19/h2-9,16,24H,10-15H2,1H3,(H,23,25). The Kier molecular flexibility index (Phi) is 5.50. The molecule has 148 valence electrons. The molecule has 2 aliphatic heterocycles. The van der Waals surface area contributed by atoms with Crippen LogP contribution in [0.5, 0.6) is 11.5 Å². The van der Waals surface area contributed by atoms with E-state index < -0.39 is 0 Å². The van der Waals surface area contributed by atoms with Gasteiger partial charge in [-0.05, 0) is 37.5 Å². The highest BCUT2D eigenvalue weighted by molar-refractivity contribution is 5.98. The van der Waals surface area contributed by atoms with Gasteiger partial charge in [0.25, 0.3) is 5.91 Å². The molecule has 2 N–H and O–H groups in total. The number of amides is 1. The van der Waals surface area contributed by atoms with E-state index in [1.165, 1.54) is 5.56 Å². The number of carbonyl (C=O) groups is 1. The van der Waals surface area contributed by atoms with Crippen molar-refractivity contribution in [1.82, 2.24) is 10.6 Å². The van der Waals surface area contributed by atoms with Crippen LogP contribution in [-0.2, 0) is 4.74 Å². The highest BCUT2D eigenvalue weighted by atomic mass is 16.7. The lowest BCUT2D eigenvalue weighted by Gasteiger charge is -2.40. The van der Waals surface area contributed by atoms with E-state index >= 15 is 0 Å². The molecule has 6 heteroatoms. The molecule has 0 aliphatic carbocycles. The second kappa shape index (κ2) is 8.20. The maximum atomic E-state index is 12.8. The van der Waals surface area contributed by atoms with E-state index in [9.17, 15) is 4.79 Å². The van der Waals surface area contributed by atoms with Crippen molar-refractivity contribution in [3.63, 3.8) is 0 Å². The van der Waals surface area contributed by atoms with E-state index in [1.54, 1.807) is 6.07 Å². The normalized spacial score (nSPS) is 18.5. The molecule has 4 rings (SSSR count). The summed E-state index contributed by atoms with van der Waals surface area (Å²) in [7, 11) is 0. The third-order valence-corrected chi connectivity index (χ3v) is 5.50. The molecule has 0 aromatic heterocycles. The van der Waals surface area contributed by atoms with E-state index in [-0.39, 0.29) is 24.3 Å². The van der Waals surface area contributed by atoms with E-state index in [1.807, 2.05) is 30.3 Å². The largest absolute Gasteiger partial charge is 0.454 e. The first-order valence-electron chi connectivity index (χ1n) is 9.74. The molecule has 0 saturated carbocycles. The number of nitrogens with one attached hydrogen (secondary N) is 2. The van der Waals surface area contributed by atoms with Crippen molar-refractivity contribution in [2.75, 3.05) is 26.6 Å². The van der Waals surface area contributed by atoms with Gasteiger partial charge in [-0.1, -0.05) is 36.4 Å². The van der Waals surface area contributed by atoms with E-state index in [4.69, 9.17) is 14.2 Å². The smallest absolute Gasteiger partial charge is 0.255 e. The van der Waals surface area contributed by atoms with Crippen LogP contribution >= 0.6 is 0 Å². The summed E-state index contributed by atoms with van der Waals surface area (Å²) < 4.78 is 16.4. The predicted molar refractivity (Wildman–Crippen MR) is 106 cm³/mol. The monoisotopic (exact) mass is 382 g/mol. The molecule has 1 unspecified atom stereocenters. The minimum Gasteiger partial charge on any atom is -0.454 e. The van der Waals surface area contributed by atoms with Gasteiger partial charge in [-0.25, -0.2) is 0 Å². The maximum Gasteiger partial charge on any atom is 0.255 e. The Hall–Kier alpha value is -2.57. The van der Waals surface area contributed by atoms with Crippen LogP contribution in [-0.4, -0.2) is 38.0 Å². The SMILES string of the molecule is CC(NC1(CNC(=O)c2cccc3c2OCO3)CCOCC1)c1ccccc1. The van der Waals surface area contributed by atoms with Crippen LogP contribution < -0.4 is 20.1 Å². The first-order valence-corrected chi connectivity index (χ1v) is 9.74. The van der Waals surface area contributed by atoms with Crippen LogP contribution in [0.2, 0.25) is 0 Å². The number of rotatable bonds is 6. The summed E-state index contributed by atoms with van der Waals surface area (Å²) in [5, 5.41) is 6.86. The summed E-state index contributed by atoms with van der Waals surface area (Å²) in [6.45, 7) is 4.20. The predicted octanol–water partition coefficient (Wildman–Crippen LogP) is 3.05. The first-order chi connectivity index (χ1) is 13.7. The van der Waals surface area contributed by atoms with Gasteiger partial charge in [0, 0.05) is 31.3 Å². The van der Waals surface area contributed by atoms with Crippen molar-refractivity contribution in [2.45, 2.75) is 31.3 Å². The molecule has 1 amide bonds. The Labute approximate surface area is 165 Å². The fourth-order valence-corrected chi connectivity index (χ4v) is 3.87. The van der Waals surface area contributed by atoms with Crippen molar-refractivity contribution in [1.29, 1.82) is 0 Å². The van der Waals surface area contributed by atoms with Crippen LogP contribution in [0.3, 0.4) is 0 Å². The summed E-state index contributed by atoms with van der Waals surface area (Å²) >= 11 is 0. The zero-order valence-electron chi connectivity index (χ0n) is 16.1. The van der Waals surface area contributed by atoms with Gasteiger partial charge < -0.3 is 24.8 Å². The van der Waals surface area contributed by atoms with E-state index in [0.29, 0.717) is 36.8 Å². The van der Waals surface area contributed by atoms with Gasteiger partial charge in [0.1, 0.15) is 0 Å². The van der Waals surface area contributed by atoms with Crippen molar-refractivity contribution in [3.8, 4) is 11.5 Å². The molecule has 1 saturated heterocycles. The molecule has 2 aromatic rings. The van der Waals surface area contributed by atoms with Gasteiger partial charge in [0.2, 0.25) is 6.79 Å². The van der Waals surface area contributed by atoms with E-state index in [2.05, 4.69) is 29.7 Å². The second-order valence-electron chi connectivity index (χ2n) is 7.39. The van der Waals surface area contributed by atoms with Crippen LogP contribution in [0, 0.1) is 0 Å². The molecule has 6 nitrogen and oxygen atoms in total. The molecule has 0 bridgehead atoms. The summed E-state index contributed by atoms with van der Waals surface area (Å²) in [6.07, 6.45) is 1.69. The molecule has 28 heavy (non-hydrogen) atoms. The highest BCUT2D eigenvalue weighted by Gasteiger charge is 2.35. The number of ether oxygens (including phenoxy) is 3. The third-order valence-electron chi connectivity index (χ3n) is 5.50. The minimum atomic E-state index is -0.210. The van der Waals surface area contributed by atoms with E-state index in [0.717, 1.165) is 12.8 Å². The van der Waals surface area contributed by atoms with Gasteiger partial charge in [-0.3, -0.25) is 4.79 Å². The third kappa shape index (κ3) is 3.98. The summed E-state index contributed by atoms with van der Waals surface area (Å²) in [6, 6.07) is 15.9. The van der Waals surface area contributed by atoms with Gasteiger partial charge >= 0.3 is 0 Å². The minimum absolute atomic E-state index is 0.150. The molecule has 0 radical (unpaired) electrons. The van der Waals surface area contributed by atoms with Crippen molar-refractivity contribution >= 4 is 5.91 Å². The number of carbonyl (C=O) groups excluding carboxylic acids is 1. The van der Waals surface area contributed by atoms with Crippen molar-refractivity contribution in [3.05, 3.63) is 59.7 Å². The quantitative estimate of drug-likeness (QED) is 0.804. The Bertz CT molecular complexity index is 819. The lowest BCUT2D eigenvalue weighted by Crippen LogP contribution is -2.57. The van der Waals surface area contributed by atoms with Crippen molar-refractivity contribution in [2.24, 2.45) is 0 Å². The Morgan fingerprint density at radius 2 is 1.86 bits per heavy atom. The molecule has 2 aliphatic rings. The average molecular weight is 382 g/mol. The number of hydrogen-bond acceptors (Lipinski definition) is 5. The molecular formula is C22H26N2O4. The number of fused-ring (bicyclic) bond motifs is 1. The summed E-state index contributed by atoms with van der Waals surface area (Å²) in [4.78, 5) is 12.8. The lowest BCUT2D eigenvalue weighted by molar-refractivity contribution is 0.0332. The highest BCUT2D eigenvalue weighted by Crippen LogP contribution is 2.35. The number of para-hydroxylation sites is 1. The zero-order valence-corrected chi connectivity index (χ0v) is 16.1. The Morgan fingerprint density at radius 1 is 1.07 bits per heavy atom. The molecular weight excluding hydrogens is 356 g/mol. The fraction of sp³-hybridized carbons (Fsp3) is 0.409. The molecule has 1 atom stereocenters. The zero-order chi connectivity index (χ0) is 19.4. The van der Waals surface area contributed by atoms with Crippen LogP contribution in [0.1, 0.15) is 41.7 Å². The molecule has 2 heterocycles.